The van der Waals surface area contributed by atoms with Crippen LogP contribution in [0.15, 0.2) is 18.3 Å². The predicted molar refractivity (Wildman–Crippen MR) is 106 cm³/mol. The van der Waals surface area contributed by atoms with E-state index in [-0.39, 0.29) is 5.97 Å². The van der Waals surface area contributed by atoms with Gasteiger partial charge in [0.15, 0.2) is 5.65 Å². The van der Waals surface area contributed by atoms with E-state index in [1.54, 1.807) is 10.9 Å². The molecule has 2 aromatic heterocycles. The normalized spacial score (nSPS) is 22.6. The number of nitrogens with zero attached hydrogens (tertiary/aromatic N) is 4. The number of carbonyl (C=O) groups excluding carboxylic acids is 1. The van der Waals surface area contributed by atoms with Crippen LogP contribution in [-0.2, 0) is 11.8 Å². The summed E-state index contributed by atoms with van der Waals surface area (Å²) in [6.07, 6.45) is 12.2. The Morgan fingerprint density at radius 1 is 1.33 bits per heavy atom. The number of allylic oxidation sites excluding steroid dienone is 2. The second kappa shape index (κ2) is 6.98. The second-order valence-electron chi connectivity index (χ2n) is 7.89. The zero-order valence-electron chi connectivity index (χ0n) is 16.5. The molecule has 1 unspecified atom stereocenters. The lowest BCUT2D eigenvalue weighted by atomic mass is 9.71. The molecule has 144 valence electrons. The number of hydrogen-bond acceptors (Lipinski definition) is 5. The number of aromatic nitrogens is 3. The van der Waals surface area contributed by atoms with Crippen LogP contribution < -0.4 is 4.90 Å². The van der Waals surface area contributed by atoms with E-state index in [1.807, 2.05) is 20.9 Å². The Morgan fingerprint density at radius 3 is 2.93 bits per heavy atom. The van der Waals surface area contributed by atoms with Gasteiger partial charge >= 0.3 is 5.97 Å². The highest BCUT2D eigenvalue weighted by atomic mass is 16.5. The number of carbonyl (C=O) groups is 1. The van der Waals surface area contributed by atoms with Crippen molar-refractivity contribution in [2.45, 2.75) is 46.0 Å². The van der Waals surface area contributed by atoms with Gasteiger partial charge in [0.25, 0.3) is 0 Å². The Labute approximate surface area is 160 Å². The highest BCUT2D eigenvalue weighted by Gasteiger charge is 2.37. The number of hydrogen-bond donors (Lipinski definition) is 0. The van der Waals surface area contributed by atoms with Crippen molar-refractivity contribution in [2.24, 2.45) is 12.5 Å². The van der Waals surface area contributed by atoms with Gasteiger partial charge in [-0.15, -0.1) is 0 Å². The van der Waals surface area contributed by atoms with Gasteiger partial charge in [-0.25, -0.2) is 9.78 Å². The SMILES string of the molecule is CCOC(=O)c1cnc2c(c(C)nn2C)c1N1CCCC2(CC=CCC2)C1. The Hall–Kier alpha value is -2.37. The molecule has 1 aliphatic carbocycles. The van der Waals surface area contributed by atoms with Crippen molar-refractivity contribution in [3.63, 3.8) is 0 Å². The quantitative estimate of drug-likeness (QED) is 0.609. The monoisotopic (exact) mass is 368 g/mol. The Balaban J connectivity index is 1.84. The van der Waals surface area contributed by atoms with E-state index in [1.165, 1.54) is 12.8 Å². The van der Waals surface area contributed by atoms with Crippen molar-refractivity contribution >= 4 is 22.7 Å². The van der Waals surface area contributed by atoms with E-state index in [0.29, 0.717) is 17.6 Å². The number of aryl methyl sites for hydroxylation is 2. The molecule has 2 aromatic rings. The standard InChI is InChI=1S/C21H28N4O2/c1-4-27-20(26)16-13-22-19-17(15(2)23-24(19)3)18(16)25-12-8-11-21(14-25)9-6-5-7-10-21/h5-6,13H,4,7-12,14H2,1-3H3. The summed E-state index contributed by atoms with van der Waals surface area (Å²) in [7, 11) is 1.90. The summed E-state index contributed by atoms with van der Waals surface area (Å²) in [6.45, 7) is 6.11. The molecule has 0 amide bonds. The van der Waals surface area contributed by atoms with Crippen LogP contribution in [-0.4, -0.2) is 40.4 Å². The lowest BCUT2D eigenvalue weighted by Crippen LogP contribution is -2.44. The van der Waals surface area contributed by atoms with E-state index < -0.39 is 0 Å². The van der Waals surface area contributed by atoms with E-state index in [2.05, 4.69) is 27.1 Å². The van der Waals surface area contributed by atoms with Crippen LogP contribution in [0.2, 0.25) is 0 Å². The molecule has 27 heavy (non-hydrogen) atoms. The number of fused-ring (bicyclic) bond motifs is 1. The lowest BCUT2D eigenvalue weighted by Gasteiger charge is -2.45. The van der Waals surface area contributed by atoms with Gasteiger partial charge in [-0.3, -0.25) is 4.68 Å². The zero-order chi connectivity index (χ0) is 19.0. The van der Waals surface area contributed by atoms with Gasteiger partial charge in [-0.05, 0) is 51.4 Å². The molecule has 1 fully saturated rings. The van der Waals surface area contributed by atoms with Crippen molar-refractivity contribution in [3.8, 4) is 0 Å². The van der Waals surface area contributed by atoms with Gasteiger partial charge in [0.1, 0.15) is 5.56 Å². The number of pyridine rings is 1. The summed E-state index contributed by atoms with van der Waals surface area (Å²) in [4.78, 5) is 19.6. The fourth-order valence-electron chi connectivity index (χ4n) is 4.79. The fraction of sp³-hybridized carbons (Fsp3) is 0.571. The third-order valence-corrected chi connectivity index (χ3v) is 6.03. The largest absolute Gasteiger partial charge is 0.462 e. The summed E-state index contributed by atoms with van der Waals surface area (Å²) in [6, 6.07) is 0. The Morgan fingerprint density at radius 2 is 2.19 bits per heavy atom. The Kier molecular flexibility index (Phi) is 4.66. The number of anilines is 1. The zero-order valence-corrected chi connectivity index (χ0v) is 16.5. The number of piperidine rings is 1. The third-order valence-electron chi connectivity index (χ3n) is 6.03. The first-order chi connectivity index (χ1) is 13.0. The molecule has 4 rings (SSSR count). The van der Waals surface area contributed by atoms with Crippen LogP contribution in [0.3, 0.4) is 0 Å². The van der Waals surface area contributed by atoms with E-state index in [4.69, 9.17) is 4.74 Å². The van der Waals surface area contributed by atoms with Crippen LogP contribution in [0.1, 0.15) is 55.1 Å². The van der Waals surface area contributed by atoms with Gasteiger partial charge < -0.3 is 9.64 Å². The topological polar surface area (TPSA) is 60.2 Å². The lowest BCUT2D eigenvalue weighted by molar-refractivity contribution is 0.0526. The van der Waals surface area contributed by atoms with Crippen LogP contribution in [0.25, 0.3) is 11.0 Å². The first-order valence-corrected chi connectivity index (χ1v) is 9.94. The molecule has 3 heterocycles. The van der Waals surface area contributed by atoms with Crippen molar-refractivity contribution in [3.05, 3.63) is 29.6 Å². The highest BCUT2D eigenvalue weighted by Crippen LogP contribution is 2.44. The smallest absolute Gasteiger partial charge is 0.341 e. The van der Waals surface area contributed by atoms with Gasteiger partial charge in [0.05, 0.1) is 23.4 Å². The highest BCUT2D eigenvalue weighted by molar-refractivity contribution is 6.05. The van der Waals surface area contributed by atoms with Gasteiger partial charge in [0, 0.05) is 26.3 Å². The predicted octanol–water partition coefficient (Wildman–Crippen LogP) is 3.78. The van der Waals surface area contributed by atoms with Crippen LogP contribution in [0.4, 0.5) is 5.69 Å². The minimum atomic E-state index is -0.298. The van der Waals surface area contributed by atoms with E-state index in [9.17, 15) is 4.79 Å². The molecule has 0 aromatic carbocycles. The van der Waals surface area contributed by atoms with Gasteiger partial charge in [-0.2, -0.15) is 5.10 Å². The number of rotatable bonds is 3. The number of ether oxygens (including phenoxy) is 1. The fourth-order valence-corrected chi connectivity index (χ4v) is 4.79. The number of esters is 1. The summed E-state index contributed by atoms with van der Waals surface area (Å²) in [5.74, 6) is -0.298. The summed E-state index contributed by atoms with van der Waals surface area (Å²) >= 11 is 0. The van der Waals surface area contributed by atoms with Crippen molar-refractivity contribution in [1.29, 1.82) is 0 Å². The van der Waals surface area contributed by atoms with Gasteiger partial charge in [-0.1, -0.05) is 12.2 Å². The Bertz CT molecular complexity index is 901. The molecule has 0 N–H and O–H groups in total. The first kappa shape index (κ1) is 18.0. The molecular formula is C21H28N4O2. The van der Waals surface area contributed by atoms with Gasteiger partial charge in [0.2, 0.25) is 0 Å². The van der Waals surface area contributed by atoms with Crippen molar-refractivity contribution in [2.75, 3.05) is 24.6 Å². The maximum atomic E-state index is 12.7. The van der Waals surface area contributed by atoms with Crippen molar-refractivity contribution < 1.29 is 9.53 Å². The molecule has 6 heteroatoms. The van der Waals surface area contributed by atoms with Crippen LogP contribution >= 0.6 is 0 Å². The first-order valence-electron chi connectivity index (χ1n) is 9.94. The maximum Gasteiger partial charge on any atom is 0.341 e. The summed E-state index contributed by atoms with van der Waals surface area (Å²) in [5.41, 5.74) is 3.55. The molecule has 0 saturated carbocycles. The third kappa shape index (κ3) is 3.11. The molecule has 6 nitrogen and oxygen atoms in total. The molecule has 0 bridgehead atoms. The van der Waals surface area contributed by atoms with Crippen LogP contribution in [0, 0.1) is 12.3 Å². The molecule has 1 aliphatic heterocycles. The van der Waals surface area contributed by atoms with Crippen LogP contribution in [0.5, 0.6) is 0 Å². The summed E-state index contributed by atoms with van der Waals surface area (Å²) < 4.78 is 7.15. The summed E-state index contributed by atoms with van der Waals surface area (Å²) in [5, 5.41) is 5.54. The molecule has 1 spiro atoms. The second-order valence-corrected chi connectivity index (χ2v) is 7.89. The van der Waals surface area contributed by atoms with Crippen molar-refractivity contribution in [1.82, 2.24) is 14.8 Å². The maximum absolute atomic E-state index is 12.7. The average Bonchev–Trinajstić information content (AvgIpc) is 2.96. The molecule has 0 radical (unpaired) electrons. The molecule has 1 atom stereocenters. The van der Waals surface area contributed by atoms with E-state index >= 15 is 0 Å². The minimum Gasteiger partial charge on any atom is -0.462 e. The average molecular weight is 368 g/mol. The minimum absolute atomic E-state index is 0.298. The molecule has 1 saturated heterocycles. The molecular weight excluding hydrogens is 340 g/mol. The molecule has 2 aliphatic rings. The van der Waals surface area contributed by atoms with E-state index in [0.717, 1.165) is 54.8 Å².